The number of nitrogens with zero attached hydrogens (tertiary/aromatic N) is 3. The van der Waals surface area contributed by atoms with Crippen LogP contribution in [0.5, 0.6) is 5.75 Å². The molecule has 3 amide bonds. The molecule has 1 aromatic carbocycles. The number of amides is 3. The van der Waals surface area contributed by atoms with Crippen molar-refractivity contribution in [2.24, 2.45) is 5.92 Å². The first-order valence-electron chi connectivity index (χ1n) is 10.7. The summed E-state index contributed by atoms with van der Waals surface area (Å²) in [6.07, 6.45) is 5.06. The van der Waals surface area contributed by atoms with Crippen LogP contribution in [0, 0.1) is 11.7 Å². The van der Waals surface area contributed by atoms with E-state index in [4.69, 9.17) is 4.74 Å². The zero-order chi connectivity index (χ0) is 23.6. The van der Waals surface area contributed by atoms with Gasteiger partial charge in [-0.2, -0.15) is 0 Å². The first-order chi connectivity index (χ1) is 15.7. The number of urea groups is 1. The van der Waals surface area contributed by atoms with E-state index in [-0.39, 0.29) is 42.0 Å². The fourth-order valence-electron chi connectivity index (χ4n) is 3.52. The highest BCUT2D eigenvalue weighted by molar-refractivity contribution is 7.91. The number of imide groups is 1. The first-order valence-corrected chi connectivity index (χ1v) is 12.6. The van der Waals surface area contributed by atoms with Crippen molar-refractivity contribution < 1.29 is 27.1 Å². The second kappa shape index (κ2) is 9.42. The molecular formula is C22H25FN4O5S. The summed E-state index contributed by atoms with van der Waals surface area (Å²) in [4.78, 5) is 32.6. The lowest BCUT2D eigenvalue weighted by atomic mass is 10.0. The van der Waals surface area contributed by atoms with Crippen molar-refractivity contribution in [1.29, 1.82) is 0 Å². The summed E-state index contributed by atoms with van der Waals surface area (Å²) in [5.74, 6) is -0.703. The minimum Gasteiger partial charge on any atom is -0.490 e. The Balaban J connectivity index is 1.36. The molecule has 2 aliphatic rings. The molecule has 1 aliphatic heterocycles. The second-order valence-corrected chi connectivity index (χ2v) is 10.7. The van der Waals surface area contributed by atoms with E-state index < -0.39 is 27.6 Å². The molecule has 1 aliphatic carbocycles. The van der Waals surface area contributed by atoms with E-state index >= 15 is 0 Å². The summed E-state index contributed by atoms with van der Waals surface area (Å²) in [5.41, 5.74) is 1.09. The van der Waals surface area contributed by atoms with Crippen LogP contribution in [-0.2, 0) is 21.1 Å². The van der Waals surface area contributed by atoms with Crippen LogP contribution in [0.1, 0.15) is 36.9 Å². The highest BCUT2D eigenvalue weighted by Crippen LogP contribution is 2.31. The SMILES string of the molecule is C[C@@H](CS(=O)(=O)CCc1cncc(N2CC(=O)NC2=O)n1)c1ccc(F)c(OCC2CC2)c1. The molecule has 176 valence electrons. The maximum Gasteiger partial charge on any atom is 0.330 e. The van der Waals surface area contributed by atoms with Gasteiger partial charge in [0.15, 0.2) is 27.2 Å². The highest BCUT2D eigenvalue weighted by Gasteiger charge is 2.29. The number of aromatic nitrogens is 2. The zero-order valence-electron chi connectivity index (χ0n) is 18.2. The number of anilines is 1. The van der Waals surface area contributed by atoms with E-state index in [0.29, 0.717) is 23.8 Å². The smallest absolute Gasteiger partial charge is 0.330 e. The third kappa shape index (κ3) is 6.04. The number of hydrogen-bond donors (Lipinski definition) is 1. The number of carbonyl (C=O) groups excluding carboxylic acids is 2. The van der Waals surface area contributed by atoms with Gasteiger partial charge in [0.25, 0.3) is 0 Å². The molecule has 4 rings (SSSR count). The van der Waals surface area contributed by atoms with Gasteiger partial charge < -0.3 is 4.74 Å². The summed E-state index contributed by atoms with van der Waals surface area (Å²) in [6, 6.07) is 3.88. The molecule has 1 atom stereocenters. The van der Waals surface area contributed by atoms with Crippen LogP contribution in [0.15, 0.2) is 30.6 Å². The maximum absolute atomic E-state index is 14.0. The molecule has 11 heteroatoms. The van der Waals surface area contributed by atoms with Crippen LogP contribution in [0.4, 0.5) is 15.0 Å². The van der Waals surface area contributed by atoms with Gasteiger partial charge in [-0.05, 0) is 42.4 Å². The lowest BCUT2D eigenvalue weighted by molar-refractivity contribution is -0.117. The molecule has 9 nitrogen and oxygen atoms in total. The number of benzene rings is 1. The van der Waals surface area contributed by atoms with Crippen LogP contribution >= 0.6 is 0 Å². The Hall–Kier alpha value is -3.08. The largest absolute Gasteiger partial charge is 0.490 e. The minimum atomic E-state index is -3.47. The van der Waals surface area contributed by atoms with E-state index in [9.17, 15) is 22.4 Å². The molecule has 0 bridgehead atoms. The summed E-state index contributed by atoms with van der Waals surface area (Å²) in [5, 5.41) is 2.15. The Morgan fingerprint density at radius 2 is 2.06 bits per heavy atom. The van der Waals surface area contributed by atoms with Crippen LogP contribution < -0.4 is 15.0 Å². The monoisotopic (exact) mass is 476 g/mol. The number of sulfone groups is 1. The molecule has 1 saturated heterocycles. The van der Waals surface area contributed by atoms with Gasteiger partial charge in [-0.3, -0.25) is 20.0 Å². The average Bonchev–Trinajstić information content (AvgIpc) is 3.53. The summed E-state index contributed by atoms with van der Waals surface area (Å²) in [6.45, 7) is 2.09. The predicted octanol–water partition coefficient (Wildman–Crippen LogP) is 2.22. The van der Waals surface area contributed by atoms with E-state index in [1.54, 1.807) is 19.1 Å². The summed E-state index contributed by atoms with van der Waals surface area (Å²) < 4.78 is 45.1. The number of halogens is 1. The van der Waals surface area contributed by atoms with E-state index in [1.165, 1.54) is 18.5 Å². The molecule has 33 heavy (non-hydrogen) atoms. The van der Waals surface area contributed by atoms with Gasteiger partial charge in [-0.25, -0.2) is 22.6 Å². The number of rotatable bonds is 10. The van der Waals surface area contributed by atoms with Crippen molar-refractivity contribution >= 4 is 27.6 Å². The summed E-state index contributed by atoms with van der Waals surface area (Å²) in [7, 11) is -3.47. The molecule has 1 aromatic heterocycles. The van der Waals surface area contributed by atoms with E-state index in [2.05, 4.69) is 15.3 Å². The topological polar surface area (TPSA) is 119 Å². The normalized spacial score (nSPS) is 17.2. The van der Waals surface area contributed by atoms with Crippen molar-refractivity contribution in [2.45, 2.75) is 32.1 Å². The lowest BCUT2D eigenvalue weighted by Gasteiger charge is -2.15. The Morgan fingerprint density at radius 1 is 1.27 bits per heavy atom. The van der Waals surface area contributed by atoms with Gasteiger partial charge in [-0.15, -0.1) is 0 Å². The highest BCUT2D eigenvalue weighted by atomic mass is 32.2. The zero-order valence-corrected chi connectivity index (χ0v) is 19.0. The molecule has 2 aromatic rings. The molecular weight excluding hydrogens is 451 g/mol. The molecule has 0 spiro atoms. The molecule has 0 radical (unpaired) electrons. The molecule has 1 saturated carbocycles. The van der Waals surface area contributed by atoms with E-state index in [0.717, 1.165) is 17.7 Å². The van der Waals surface area contributed by atoms with Crippen molar-refractivity contribution in [3.8, 4) is 5.75 Å². The Labute approximate surface area is 191 Å². The number of ether oxygens (including phenoxy) is 1. The van der Waals surface area contributed by atoms with Crippen LogP contribution in [0.3, 0.4) is 0 Å². The molecule has 2 heterocycles. The van der Waals surface area contributed by atoms with Gasteiger partial charge in [0.2, 0.25) is 5.91 Å². The summed E-state index contributed by atoms with van der Waals surface area (Å²) >= 11 is 0. The van der Waals surface area contributed by atoms with Crippen LogP contribution in [-0.4, -0.2) is 55.0 Å². The fourth-order valence-corrected chi connectivity index (χ4v) is 5.16. The van der Waals surface area contributed by atoms with Gasteiger partial charge >= 0.3 is 6.03 Å². The van der Waals surface area contributed by atoms with Gasteiger partial charge in [0, 0.05) is 12.6 Å². The minimum absolute atomic E-state index is 0.110. The van der Waals surface area contributed by atoms with Gasteiger partial charge in [-0.1, -0.05) is 13.0 Å². The third-order valence-electron chi connectivity index (χ3n) is 5.61. The maximum atomic E-state index is 14.0. The van der Waals surface area contributed by atoms with Crippen molar-refractivity contribution in [3.63, 3.8) is 0 Å². The Morgan fingerprint density at radius 3 is 2.76 bits per heavy atom. The quantitative estimate of drug-likeness (QED) is 0.522. The molecule has 2 fully saturated rings. The molecule has 1 N–H and O–H groups in total. The average molecular weight is 477 g/mol. The molecule has 0 unspecified atom stereocenters. The van der Waals surface area contributed by atoms with Gasteiger partial charge in [0.1, 0.15) is 6.54 Å². The number of hydrogen-bond acceptors (Lipinski definition) is 7. The second-order valence-electron chi connectivity index (χ2n) is 8.52. The lowest BCUT2D eigenvalue weighted by Crippen LogP contribution is -2.29. The first kappa shape index (κ1) is 23.1. The van der Waals surface area contributed by atoms with E-state index in [1.807, 2.05) is 0 Å². The van der Waals surface area contributed by atoms with Crippen molar-refractivity contribution in [1.82, 2.24) is 15.3 Å². The van der Waals surface area contributed by atoms with Gasteiger partial charge in [0.05, 0.1) is 30.0 Å². The number of carbonyl (C=O) groups is 2. The Bertz CT molecular complexity index is 1170. The van der Waals surface area contributed by atoms with Crippen LogP contribution in [0.2, 0.25) is 0 Å². The third-order valence-corrected chi connectivity index (χ3v) is 7.44. The number of nitrogens with one attached hydrogen (secondary N) is 1. The standard InChI is InChI=1S/C22H25FN4O5S/c1-14(16-4-5-18(23)19(8-16)32-12-15-2-3-15)13-33(30,31)7-6-17-9-24-10-20(25-17)27-11-21(28)26-22(27)29/h4-5,8-10,14-15H,2-3,6-7,11-13H2,1H3,(H,26,28,29)/t14-/m0/s1. The Kier molecular flexibility index (Phi) is 6.59. The number of aryl methyl sites for hydroxylation is 1. The fraction of sp³-hybridized carbons (Fsp3) is 0.455. The van der Waals surface area contributed by atoms with Crippen LogP contribution in [0.25, 0.3) is 0 Å². The predicted molar refractivity (Wildman–Crippen MR) is 118 cm³/mol. The van der Waals surface area contributed by atoms with Crippen molar-refractivity contribution in [3.05, 3.63) is 47.7 Å². The van der Waals surface area contributed by atoms with Crippen molar-refractivity contribution in [2.75, 3.05) is 29.6 Å².